The number of ketones is 1. The van der Waals surface area contributed by atoms with Crippen LogP contribution in [0.5, 0.6) is 0 Å². The van der Waals surface area contributed by atoms with Gasteiger partial charge in [-0.05, 0) is 32.1 Å². The number of esters is 1. The molecule has 0 amide bonds. The van der Waals surface area contributed by atoms with Gasteiger partial charge in [0.15, 0.2) is 5.78 Å². The van der Waals surface area contributed by atoms with Crippen LogP contribution in [-0.4, -0.2) is 31.1 Å². The summed E-state index contributed by atoms with van der Waals surface area (Å²) in [6, 6.07) is 0. The fourth-order valence-electron chi connectivity index (χ4n) is 3.14. The molecule has 1 saturated heterocycles. The van der Waals surface area contributed by atoms with Crippen molar-refractivity contribution < 1.29 is 19.1 Å². The molecule has 4 nitrogen and oxygen atoms in total. The Balaban J connectivity index is 1.99. The Bertz CT molecular complexity index is 340. The zero-order valence-corrected chi connectivity index (χ0v) is 15.0. The summed E-state index contributed by atoms with van der Waals surface area (Å²) in [6.07, 6.45) is 13.1. The van der Waals surface area contributed by atoms with Gasteiger partial charge < -0.3 is 9.47 Å². The van der Waals surface area contributed by atoms with Crippen molar-refractivity contribution in [1.29, 1.82) is 0 Å². The summed E-state index contributed by atoms with van der Waals surface area (Å²) < 4.78 is 10.5. The number of unbranched alkanes of at least 4 members (excludes halogenated alkanes) is 6. The molecule has 134 valence electrons. The van der Waals surface area contributed by atoms with Gasteiger partial charge in [-0.3, -0.25) is 9.59 Å². The molecular formula is C19H34O4. The summed E-state index contributed by atoms with van der Waals surface area (Å²) in [6.45, 7) is 2.21. The van der Waals surface area contributed by atoms with E-state index in [4.69, 9.17) is 4.74 Å². The maximum Gasteiger partial charge on any atom is 0.305 e. The van der Waals surface area contributed by atoms with E-state index in [1.807, 2.05) is 0 Å². The molecule has 0 aliphatic carbocycles. The second kappa shape index (κ2) is 12.5. The Labute approximate surface area is 141 Å². The third-order valence-corrected chi connectivity index (χ3v) is 4.63. The first-order valence-electron chi connectivity index (χ1n) is 9.42. The van der Waals surface area contributed by atoms with Crippen molar-refractivity contribution in [3.63, 3.8) is 0 Å². The van der Waals surface area contributed by atoms with E-state index < -0.39 is 0 Å². The van der Waals surface area contributed by atoms with Gasteiger partial charge in [-0.25, -0.2) is 0 Å². The summed E-state index contributed by atoms with van der Waals surface area (Å²) >= 11 is 0. The van der Waals surface area contributed by atoms with Gasteiger partial charge in [0, 0.05) is 12.8 Å². The lowest BCUT2D eigenvalue weighted by Crippen LogP contribution is -2.21. The highest BCUT2D eigenvalue weighted by atomic mass is 16.5. The summed E-state index contributed by atoms with van der Waals surface area (Å²) in [5, 5.41) is 0. The van der Waals surface area contributed by atoms with Crippen molar-refractivity contribution >= 4 is 11.8 Å². The fourth-order valence-corrected chi connectivity index (χ4v) is 3.14. The molecular weight excluding hydrogens is 292 g/mol. The molecule has 0 N–H and O–H groups in total. The molecule has 1 rings (SSSR count). The molecule has 0 bridgehead atoms. The van der Waals surface area contributed by atoms with Crippen LogP contribution in [0.15, 0.2) is 0 Å². The van der Waals surface area contributed by atoms with E-state index >= 15 is 0 Å². The third-order valence-electron chi connectivity index (χ3n) is 4.63. The quantitative estimate of drug-likeness (QED) is 0.367. The highest BCUT2D eigenvalue weighted by Gasteiger charge is 2.29. The molecule has 1 fully saturated rings. The SMILES string of the molecule is CCCCCC1CCC(C(=O)CCCCCCCC(=O)OC)O1. The zero-order chi connectivity index (χ0) is 16.9. The second-order valence-corrected chi connectivity index (χ2v) is 6.63. The molecule has 1 aliphatic rings. The van der Waals surface area contributed by atoms with Crippen LogP contribution in [0.1, 0.15) is 90.4 Å². The Kier molecular flexibility index (Phi) is 11.0. The smallest absolute Gasteiger partial charge is 0.305 e. The largest absolute Gasteiger partial charge is 0.469 e. The van der Waals surface area contributed by atoms with Crippen LogP contribution < -0.4 is 0 Å². The van der Waals surface area contributed by atoms with Gasteiger partial charge in [0.1, 0.15) is 6.10 Å². The normalized spacial score (nSPS) is 20.6. The molecule has 2 atom stereocenters. The van der Waals surface area contributed by atoms with E-state index in [1.54, 1.807) is 0 Å². The lowest BCUT2D eigenvalue weighted by atomic mass is 10.0. The predicted molar refractivity (Wildman–Crippen MR) is 91.4 cm³/mol. The van der Waals surface area contributed by atoms with Crippen LogP contribution in [0, 0.1) is 0 Å². The predicted octanol–water partition coefficient (Wildman–Crippen LogP) is 4.59. The molecule has 4 heteroatoms. The minimum Gasteiger partial charge on any atom is -0.469 e. The molecule has 2 unspecified atom stereocenters. The number of hydrogen-bond acceptors (Lipinski definition) is 4. The van der Waals surface area contributed by atoms with E-state index in [0.29, 0.717) is 18.9 Å². The van der Waals surface area contributed by atoms with Crippen LogP contribution in [-0.2, 0) is 19.1 Å². The third kappa shape index (κ3) is 9.09. The van der Waals surface area contributed by atoms with Gasteiger partial charge >= 0.3 is 5.97 Å². The van der Waals surface area contributed by atoms with Crippen molar-refractivity contribution in [2.75, 3.05) is 7.11 Å². The van der Waals surface area contributed by atoms with E-state index in [-0.39, 0.29) is 17.9 Å². The number of methoxy groups -OCH3 is 1. The Morgan fingerprint density at radius 2 is 1.65 bits per heavy atom. The van der Waals surface area contributed by atoms with Gasteiger partial charge in [0.2, 0.25) is 0 Å². The number of ether oxygens (including phenoxy) is 2. The lowest BCUT2D eigenvalue weighted by molar-refractivity contribution is -0.140. The first-order valence-corrected chi connectivity index (χ1v) is 9.42. The van der Waals surface area contributed by atoms with Crippen molar-refractivity contribution in [2.45, 2.75) is 103 Å². The molecule has 0 saturated carbocycles. The van der Waals surface area contributed by atoms with Gasteiger partial charge in [-0.15, -0.1) is 0 Å². The summed E-state index contributed by atoms with van der Waals surface area (Å²) in [7, 11) is 1.42. The number of carbonyl (C=O) groups is 2. The van der Waals surface area contributed by atoms with Crippen LogP contribution in [0.4, 0.5) is 0 Å². The average molecular weight is 326 g/mol. The summed E-state index contributed by atoms with van der Waals surface area (Å²) in [4.78, 5) is 23.1. The van der Waals surface area contributed by atoms with Gasteiger partial charge in [0.25, 0.3) is 0 Å². The molecule has 0 aromatic rings. The molecule has 0 aromatic carbocycles. The number of carbonyl (C=O) groups excluding carboxylic acids is 2. The summed E-state index contributed by atoms with van der Waals surface area (Å²) in [5.41, 5.74) is 0. The number of hydrogen-bond donors (Lipinski definition) is 0. The Morgan fingerprint density at radius 1 is 0.957 bits per heavy atom. The van der Waals surface area contributed by atoms with Gasteiger partial charge in [0.05, 0.1) is 13.2 Å². The Morgan fingerprint density at radius 3 is 2.35 bits per heavy atom. The van der Waals surface area contributed by atoms with Crippen molar-refractivity contribution in [3.8, 4) is 0 Å². The molecule has 0 radical (unpaired) electrons. The molecule has 1 aliphatic heterocycles. The lowest BCUT2D eigenvalue weighted by Gasteiger charge is -2.12. The van der Waals surface area contributed by atoms with Crippen LogP contribution in [0.2, 0.25) is 0 Å². The van der Waals surface area contributed by atoms with E-state index in [2.05, 4.69) is 11.7 Å². The fraction of sp³-hybridized carbons (Fsp3) is 0.895. The standard InChI is InChI=1S/C19H34O4/c1-3-4-8-11-16-14-15-18(23-16)17(20)12-9-6-5-7-10-13-19(21)22-2/h16,18H,3-15H2,1-2H3. The van der Waals surface area contributed by atoms with Gasteiger partial charge in [-0.2, -0.15) is 0 Å². The monoisotopic (exact) mass is 326 g/mol. The van der Waals surface area contributed by atoms with E-state index in [0.717, 1.165) is 51.4 Å². The highest BCUT2D eigenvalue weighted by Crippen LogP contribution is 2.25. The molecule has 0 aromatic heterocycles. The minimum absolute atomic E-state index is 0.132. The second-order valence-electron chi connectivity index (χ2n) is 6.63. The Hall–Kier alpha value is -0.900. The van der Waals surface area contributed by atoms with Crippen molar-refractivity contribution in [2.24, 2.45) is 0 Å². The van der Waals surface area contributed by atoms with Crippen LogP contribution >= 0.6 is 0 Å². The molecule has 23 heavy (non-hydrogen) atoms. The maximum atomic E-state index is 12.2. The van der Waals surface area contributed by atoms with Crippen LogP contribution in [0.25, 0.3) is 0 Å². The average Bonchev–Trinajstić information content (AvgIpc) is 3.02. The minimum atomic E-state index is -0.138. The topological polar surface area (TPSA) is 52.6 Å². The van der Waals surface area contributed by atoms with E-state index in [9.17, 15) is 9.59 Å². The highest BCUT2D eigenvalue weighted by molar-refractivity contribution is 5.83. The van der Waals surface area contributed by atoms with Crippen molar-refractivity contribution in [3.05, 3.63) is 0 Å². The van der Waals surface area contributed by atoms with Crippen LogP contribution in [0.3, 0.4) is 0 Å². The zero-order valence-electron chi connectivity index (χ0n) is 15.0. The summed E-state index contributed by atoms with van der Waals surface area (Å²) in [5.74, 6) is 0.157. The number of rotatable bonds is 13. The molecule has 0 spiro atoms. The first-order chi connectivity index (χ1) is 11.2. The van der Waals surface area contributed by atoms with Gasteiger partial charge in [-0.1, -0.05) is 45.4 Å². The number of Topliss-reactive ketones (excluding diaryl/α,β-unsaturated/α-hetero) is 1. The first kappa shape index (κ1) is 20.1. The molecule has 1 heterocycles. The van der Waals surface area contributed by atoms with Crippen molar-refractivity contribution in [1.82, 2.24) is 0 Å². The van der Waals surface area contributed by atoms with E-state index in [1.165, 1.54) is 26.4 Å². The maximum absolute atomic E-state index is 12.2.